The van der Waals surface area contributed by atoms with Crippen LogP contribution in [0.1, 0.15) is 19.8 Å². The molecule has 1 unspecified atom stereocenters. The van der Waals surface area contributed by atoms with Crippen LogP contribution in [-0.4, -0.2) is 19.0 Å². The molecule has 0 fully saturated rings. The Morgan fingerprint density at radius 2 is 2.25 bits per heavy atom. The summed E-state index contributed by atoms with van der Waals surface area (Å²) in [6.45, 7) is 3.13. The fourth-order valence-corrected chi connectivity index (χ4v) is 0.614. The Kier molecular flexibility index (Phi) is 5.56. The van der Waals surface area contributed by atoms with Crippen molar-refractivity contribution in [2.45, 2.75) is 25.1 Å². The molecule has 0 aromatic carbocycles. The first-order chi connectivity index (χ1) is 3.81. The van der Waals surface area contributed by atoms with Gasteiger partial charge in [-0.25, -0.2) is 0 Å². The van der Waals surface area contributed by atoms with Crippen LogP contribution >= 0.6 is 11.6 Å². The Hall–Kier alpha value is 0.250. The maximum Gasteiger partial charge on any atom is 0.0345 e. The van der Waals surface area contributed by atoms with E-state index in [4.69, 9.17) is 11.6 Å². The summed E-state index contributed by atoms with van der Waals surface area (Å²) >= 11 is 5.80. The lowest BCUT2D eigenvalue weighted by Gasteiger charge is -2.03. The molecule has 50 valence electrons. The van der Waals surface area contributed by atoms with E-state index in [1.807, 2.05) is 7.05 Å². The Bertz CT molecular complexity index is 47.8. The molecule has 0 aromatic rings. The Morgan fingerprint density at radius 3 is 2.62 bits per heavy atom. The van der Waals surface area contributed by atoms with Gasteiger partial charge in [0.05, 0.1) is 0 Å². The van der Waals surface area contributed by atoms with Crippen molar-refractivity contribution in [2.24, 2.45) is 0 Å². The number of alkyl halides is 1. The van der Waals surface area contributed by atoms with Crippen molar-refractivity contribution in [3.63, 3.8) is 0 Å². The monoisotopic (exact) mass is 135 g/mol. The number of halogens is 1. The average Bonchev–Trinajstić information content (AvgIpc) is 1.83. The maximum absolute atomic E-state index is 5.80. The normalized spacial score (nSPS) is 13.9. The highest BCUT2D eigenvalue weighted by Crippen LogP contribution is 2.03. The molecule has 0 aliphatic heterocycles. The average molecular weight is 136 g/mol. The summed E-state index contributed by atoms with van der Waals surface area (Å²) in [5, 5.41) is 3.41. The van der Waals surface area contributed by atoms with Crippen molar-refractivity contribution in [3.8, 4) is 0 Å². The van der Waals surface area contributed by atoms with Gasteiger partial charge in [-0.1, -0.05) is 6.92 Å². The largest absolute Gasteiger partial charge is 0.320 e. The fourth-order valence-electron chi connectivity index (χ4n) is 0.505. The zero-order valence-electron chi connectivity index (χ0n) is 5.58. The summed E-state index contributed by atoms with van der Waals surface area (Å²) < 4.78 is 0. The van der Waals surface area contributed by atoms with E-state index < -0.39 is 0 Å². The molecule has 0 radical (unpaired) electrons. The van der Waals surface area contributed by atoms with Crippen LogP contribution < -0.4 is 5.32 Å². The number of nitrogens with one attached hydrogen (secondary N) is 1. The van der Waals surface area contributed by atoms with Crippen molar-refractivity contribution >= 4 is 11.6 Å². The third-order valence-corrected chi connectivity index (χ3v) is 1.68. The number of hydrogen-bond acceptors (Lipinski definition) is 1. The standard InChI is InChI=1S/C6H14ClN/c1-3-6(7)4-5-8-2/h6,8H,3-5H2,1-2H3. The van der Waals surface area contributed by atoms with Crippen LogP contribution in [0, 0.1) is 0 Å². The quantitative estimate of drug-likeness (QED) is 0.578. The lowest BCUT2D eigenvalue weighted by molar-refractivity contribution is 0.674. The highest BCUT2D eigenvalue weighted by molar-refractivity contribution is 6.20. The predicted octanol–water partition coefficient (Wildman–Crippen LogP) is 1.61. The van der Waals surface area contributed by atoms with Crippen LogP contribution in [0.2, 0.25) is 0 Å². The van der Waals surface area contributed by atoms with Gasteiger partial charge in [0.25, 0.3) is 0 Å². The van der Waals surface area contributed by atoms with Crippen LogP contribution in [0.15, 0.2) is 0 Å². The highest BCUT2D eigenvalue weighted by atomic mass is 35.5. The molecule has 0 aliphatic carbocycles. The van der Waals surface area contributed by atoms with Crippen LogP contribution in [0.25, 0.3) is 0 Å². The van der Waals surface area contributed by atoms with E-state index in [2.05, 4.69) is 12.2 Å². The second-order valence-electron chi connectivity index (χ2n) is 1.90. The Morgan fingerprint density at radius 1 is 1.62 bits per heavy atom. The third-order valence-electron chi connectivity index (χ3n) is 1.15. The van der Waals surface area contributed by atoms with Crippen molar-refractivity contribution in [3.05, 3.63) is 0 Å². The second-order valence-corrected chi connectivity index (χ2v) is 2.51. The topological polar surface area (TPSA) is 12.0 Å². The molecule has 1 nitrogen and oxygen atoms in total. The first kappa shape index (κ1) is 8.25. The van der Waals surface area contributed by atoms with E-state index in [1.165, 1.54) is 0 Å². The molecular formula is C6H14ClN. The zero-order chi connectivity index (χ0) is 6.41. The van der Waals surface area contributed by atoms with E-state index in [-0.39, 0.29) is 0 Å². The molecule has 0 saturated heterocycles. The molecule has 1 N–H and O–H groups in total. The summed E-state index contributed by atoms with van der Waals surface area (Å²) in [6.07, 6.45) is 2.15. The van der Waals surface area contributed by atoms with Crippen LogP contribution in [-0.2, 0) is 0 Å². The maximum atomic E-state index is 5.80. The van der Waals surface area contributed by atoms with Gasteiger partial charge in [-0.3, -0.25) is 0 Å². The van der Waals surface area contributed by atoms with Crippen molar-refractivity contribution < 1.29 is 0 Å². The van der Waals surface area contributed by atoms with E-state index >= 15 is 0 Å². The highest BCUT2D eigenvalue weighted by Gasteiger charge is 1.97. The predicted molar refractivity (Wildman–Crippen MR) is 38.5 cm³/mol. The molecule has 0 saturated carbocycles. The molecule has 8 heavy (non-hydrogen) atoms. The third kappa shape index (κ3) is 4.41. The van der Waals surface area contributed by atoms with Gasteiger partial charge in [-0.2, -0.15) is 0 Å². The van der Waals surface area contributed by atoms with Gasteiger partial charge in [0.1, 0.15) is 0 Å². The number of rotatable bonds is 4. The lowest BCUT2D eigenvalue weighted by Crippen LogP contribution is -2.12. The van der Waals surface area contributed by atoms with E-state index in [0.29, 0.717) is 5.38 Å². The van der Waals surface area contributed by atoms with Gasteiger partial charge in [0.2, 0.25) is 0 Å². The molecule has 0 aromatic heterocycles. The minimum Gasteiger partial charge on any atom is -0.320 e. The van der Waals surface area contributed by atoms with Crippen molar-refractivity contribution in [1.29, 1.82) is 0 Å². The second kappa shape index (κ2) is 5.39. The molecule has 0 aliphatic rings. The molecule has 0 bridgehead atoms. The van der Waals surface area contributed by atoms with Gasteiger partial charge < -0.3 is 5.32 Å². The van der Waals surface area contributed by atoms with E-state index in [1.54, 1.807) is 0 Å². The minimum absolute atomic E-state index is 0.363. The zero-order valence-corrected chi connectivity index (χ0v) is 6.33. The molecule has 0 heterocycles. The summed E-state index contributed by atoms with van der Waals surface area (Å²) in [4.78, 5) is 0. The molecule has 0 rings (SSSR count). The molecule has 0 spiro atoms. The van der Waals surface area contributed by atoms with Crippen LogP contribution in [0.4, 0.5) is 0 Å². The SMILES string of the molecule is CCC(Cl)CCNC. The Labute approximate surface area is 56.4 Å². The van der Waals surface area contributed by atoms with Gasteiger partial charge in [0.15, 0.2) is 0 Å². The van der Waals surface area contributed by atoms with Gasteiger partial charge >= 0.3 is 0 Å². The molecular weight excluding hydrogens is 122 g/mol. The van der Waals surface area contributed by atoms with E-state index in [9.17, 15) is 0 Å². The van der Waals surface area contributed by atoms with Gasteiger partial charge in [0, 0.05) is 5.38 Å². The van der Waals surface area contributed by atoms with Crippen LogP contribution in [0.5, 0.6) is 0 Å². The molecule has 2 heteroatoms. The molecule has 0 amide bonds. The number of hydrogen-bond donors (Lipinski definition) is 1. The Balaban J connectivity index is 2.86. The lowest BCUT2D eigenvalue weighted by atomic mass is 10.2. The van der Waals surface area contributed by atoms with Gasteiger partial charge in [-0.15, -0.1) is 11.6 Å². The van der Waals surface area contributed by atoms with Crippen molar-refractivity contribution in [1.82, 2.24) is 5.32 Å². The minimum atomic E-state index is 0.363. The first-order valence-electron chi connectivity index (χ1n) is 3.10. The summed E-state index contributed by atoms with van der Waals surface area (Å²) in [5.74, 6) is 0. The first-order valence-corrected chi connectivity index (χ1v) is 3.53. The smallest absolute Gasteiger partial charge is 0.0345 e. The molecule has 1 atom stereocenters. The summed E-state index contributed by atoms with van der Waals surface area (Å²) in [5.41, 5.74) is 0. The van der Waals surface area contributed by atoms with E-state index in [0.717, 1.165) is 19.4 Å². The summed E-state index contributed by atoms with van der Waals surface area (Å²) in [6, 6.07) is 0. The van der Waals surface area contributed by atoms with Gasteiger partial charge in [-0.05, 0) is 26.4 Å². The fraction of sp³-hybridized carbons (Fsp3) is 1.00. The van der Waals surface area contributed by atoms with Crippen LogP contribution in [0.3, 0.4) is 0 Å². The summed E-state index contributed by atoms with van der Waals surface area (Å²) in [7, 11) is 1.94. The van der Waals surface area contributed by atoms with Crippen molar-refractivity contribution in [2.75, 3.05) is 13.6 Å².